The molecule has 2 aromatic rings. The van der Waals surface area contributed by atoms with Crippen molar-refractivity contribution in [3.8, 4) is 11.4 Å². The zero-order chi connectivity index (χ0) is 32.3. The average Bonchev–Trinajstić information content (AvgIpc) is 3.05. The van der Waals surface area contributed by atoms with Gasteiger partial charge in [0.1, 0.15) is 5.69 Å². The van der Waals surface area contributed by atoms with Gasteiger partial charge in [-0.2, -0.15) is 15.0 Å². The van der Waals surface area contributed by atoms with Gasteiger partial charge in [-0.25, -0.2) is 18.7 Å². The Balaban J connectivity index is 0.000000259. The van der Waals surface area contributed by atoms with E-state index in [4.69, 9.17) is 10.5 Å². The fourth-order valence-electron chi connectivity index (χ4n) is 4.99. The van der Waals surface area contributed by atoms with Gasteiger partial charge in [0.15, 0.2) is 5.82 Å². The number of alkyl halides is 2. The third-order valence-electron chi connectivity index (χ3n) is 7.76. The van der Waals surface area contributed by atoms with Crippen LogP contribution in [-0.2, 0) is 14.3 Å². The summed E-state index contributed by atoms with van der Waals surface area (Å²) in [4.78, 5) is 53.1. The molecule has 246 valence electrons. The molecule has 2 aromatic heterocycles. The summed E-state index contributed by atoms with van der Waals surface area (Å²) in [6.45, 7) is 9.18. The number of carbonyl (C=O) groups excluding carboxylic acids is 2. The zero-order valence-corrected chi connectivity index (χ0v) is 26.2. The first kappa shape index (κ1) is 33.8. The van der Waals surface area contributed by atoms with Crippen molar-refractivity contribution in [2.75, 3.05) is 102 Å². The number of nitrogens with two attached hydrogens (primary N) is 1. The summed E-state index contributed by atoms with van der Waals surface area (Å²) in [5.41, 5.74) is 4.97. The molecule has 3 saturated heterocycles. The summed E-state index contributed by atoms with van der Waals surface area (Å²) in [5, 5.41) is 0. The number of amides is 2. The van der Waals surface area contributed by atoms with Crippen LogP contribution in [0.2, 0.25) is 0 Å². The first-order chi connectivity index (χ1) is 21.6. The minimum absolute atomic E-state index is 0.00360. The Hall–Kier alpha value is -4.05. The molecule has 3 fully saturated rings. The number of ether oxygens (including phenoxy) is 1. The number of piperidine rings is 1. The van der Waals surface area contributed by atoms with Gasteiger partial charge in [-0.15, -0.1) is 0 Å². The number of nitrogen functional groups attached to an aromatic ring is 1. The van der Waals surface area contributed by atoms with Gasteiger partial charge < -0.3 is 35.0 Å². The molecule has 2 N–H and O–H groups in total. The van der Waals surface area contributed by atoms with E-state index in [2.05, 4.69) is 31.8 Å². The van der Waals surface area contributed by atoms with Gasteiger partial charge in [0.2, 0.25) is 30.2 Å². The predicted octanol–water partition coefficient (Wildman–Crippen LogP) is 1.33. The molecule has 0 aromatic carbocycles. The van der Waals surface area contributed by atoms with Gasteiger partial charge in [-0.05, 0) is 32.9 Å². The van der Waals surface area contributed by atoms with E-state index in [0.717, 1.165) is 44.8 Å². The number of nitrogens with zero attached hydrogens (tertiary/aromatic N) is 10. The number of morpholine rings is 1. The number of likely N-dealkylation sites (tertiary alicyclic amines) is 1. The van der Waals surface area contributed by atoms with Gasteiger partial charge in [0.05, 0.1) is 18.8 Å². The minimum atomic E-state index is -2.87. The molecule has 5 rings (SSSR count). The maximum absolute atomic E-state index is 13.6. The standard InChI is InChI=1S/C17H21F2N9O2.C12H22N2O/c18-13(19)12-11(9-21-15(20)22-12)14-23-16(27-3-1-26(10-29)2-4-27)25-17(24-14)28-5-7-30-8-6-28;1-11-6-9-14(10-7-11)12(15)5-4-8-13(2)3/h9-10,13H,1-8H2,(H2,20,21,22);4-5,11H,6-10H2,1-3H3/b;5-4+. The van der Waals surface area contributed by atoms with Crippen molar-refractivity contribution in [3.63, 3.8) is 0 Å². The number of likely N-dealkylation sites (N-methyl/N-ethyl adjacent to an activating group) is 1. The summed E-state index contributed by atoms with van der Waals surface area (Å²) in [7, 11) is 3.99. The smallest absolute Gasteiger partial charge is 0.281 e. The van der Waals surface area contributed by atoms with Crippen molar-refractivity contribution in [1.82, 2.24) is 39.6 Å². The number of hydrogen-bond donors (Lipinski definition) is 1. The molecule has 3 aliphatic heterocycles. The highest BCUT2D eigenvalue weighted by molar-refractivity contribution is 5.87. The minimum Gasteiger partial charge on any atom is -0.378 e. The largest absolute Gasteiger partial charge is 0.378 e. The fourth-order valence-corrected chi connectivity index (χ4v) is 4.99. The quantitative estimate of drug-likeness (QED) is 0.331. The van der Waals surface area contributed by atoms with Crippen molar-refractivity contribution in [1.29, 1.82) is 0 Å². The molecular weight excluding hydrogens is 588 g/mol. The highest BCUT2D eigenvalue weighted by Gasteiger charge is 2.26. The molecule has 2 amide bonds. The van der Waals surface area contributed by atoms with E-state index in [1.165, 1.54) is 6.20 Å². The summed E-state index contributed by atoms with van der Waals surface area (Å²) in [6.07, 6.45) is 5.07. The van der Waals surface area contributed by atoms with Crippen molar-refractivity contribution in [2.45, 2.75) is 26.2 Å². The maximum Gasteiger partial charge on any atom is 0.281 e. The SMILES string of the molecule is CC1CCN(C(=O)/C=C/CN(C)C)CC1.Nc1ncc(-c2nc(N3CCOCC3)nc(N3CCN(C=O)CC3)n2)c(C(F)F)n1. The molecule has 45 heavy (non-hydrogen) atoms. The number of anilines is 3. The molecule has 5 heterocycles. The molecule has 3 aliphatic rings. The molecule has 16 heteroatoms. The van der Waals surface area contributed by atoms with Crippen LogP contribution in [0, 0.1) is 5.92 Å². The number of rotatable bonds is 8. The normalized spacial score (nSPS) is 18.0. The molecule has 0 bridgehead atoms. The third-order valence-corrected chi connectivity index (χ3v) is 7.76. The summed E-state index contributed by atoms with van der Waals surface area (Å²) in [5.74, 6) is 1.47. The predicted molar refractivity (Wildman–Crippen MR) is 166 cm³/mol. The molecular formula is C29H43F2N11O3. The van der Waals surface area contributed by atoms with E-state index >= 15 is 0 Å². The van der Waals surface area contributed by atoms with E-state index < -0.39 is 12.1 Å². The highest BCUT2D eigenvalue weighted by Crippen LogP contribution is 2.30. The van der Waals surface area contributed by atoms with Crippen LogP contribution in [0.15, 0.2) is 18.3 Å². The maximum atomic E-state index is 13.6. The van der Waals surface area contributed by atoms with Crippen LogP contribution in [0.1, 0.15) is 31.9 Å². The molecule has 0 radical (unpaired) electrons. The Morgan fingerprint density at radius 2 is 1.62 bits per heavy atom. The van der Waals surface area contributed by atoms with Gasteiger partial charge in [-0.3, -0.25) is 9.59 Å². The van der Waals surface area contributed by atoms with Crippen molar-refractivity contribution in [3.05, 3.63) is 24.0 Å². The van der Waals surface area contributed by atoms with Gasteiger partial charge in [-0.1, -0.05) is 13.0 Å². The van der Waals surface area contributed by atoms with Crippen molar-refractivity contribution in [2.24, 2.45) is 5.92 Å². The number of halogens is 2. The van der Waals surface area contributed by atoms with E-state index in [-0.39, 0.29) is 23.2 Å². The molecule has 14 nitrogen and oxygen atoms in total. The second-order valence-corrected chi connectivity index (χ2v) is 11.5. The van der Waals surface area contributed by atoms with Crippen LogP contribution in [0.3, 0.4) is 0 Å². The van der Waals surface area contributed by atoms with Crippen LogP contribution in [-0.4, -0.2) is 138 Å². The lowest BCUT2D eigenvalue weighted by molar-refractivity contribution is -0.127. The molecule has 0 unspecified atom stereocenters. The monoisotopic (exact) mass is 631 g/mol. The zero-order valence-electron chi connectivity index (χ0n) is 26.2. The Labute approximate surface area is 262 Å². The Morgan fingerprint density at radius 3 is 2.20 bits per heavy atom. The number of aromatic nitrogens is 5. The van der Waals surface area contributed by atoms with Gasteiger partial charge in [0.25, 0.3) is 6.43 Å². The molecule has 0 saturated carbocycles. The Morgan fingerprint density at radius 1 is 1.00 bits per heavy atom. The van der Waals surface area contributed by atoms with Gasteiger partial charge in [0, 0.05) is 71.2 Å². The number of hydrogen-bond acceptors (Lipinski definition) is 12. The topological polar surface area (TPSA) is 150 Å². The average molecular weight is 632 g/mol. The lowest BCUT2D eigenvalue weighted by Crippen LogP contribution is -2.46. The lowest BCUT2D eigenvalue weighted by Gasteiger charge is -2.33. The van der Waals surface area contributed by atoms with E-state index in [1.807, 2.05) is 39.8 Å². The summed E-state index contributed by atoms with van der Waals surface area (Å²) < 4.78 is 32.6. The second kappa shape index (κ2) is 16.3. The summed E-state index contributed by atoms with van der Waals surface area (Å²) >= 11 is 0. The van der Waals surface area contributed by atoms with Crippen LogP contribution >= 0.6 is 0 Å². The van der Waals surface area contributed by atoms with Crippen LogP contribution in [0.25, 0.3) is 11.4 Å². The third kappa shape index (κ3) is 9.72. The van der Waals surface area contributed by atoms with Crippen molar-refractivity contribution < 1.29 is 23.1 Å². The van der Waals surface area contributed by atoms with E-state index in [0.29, 0.717) is 64.4 Å². The first-order valence-electron chi connectivity index (χ1n) is 15.2. The highest BCUT2D eigenvalue weighted by atomic mass is 19.3. The Bertz CT molecular complexity index is 1290. The summed E-state index contributed by atoms with van der Waals surface area (Å²) in [6, 6.07) is 0. The molecule has 0 atom stereocenters. The van der Waals surface area contributed by atoms with Crippen LogP contribution in [0.5, 0.6) is 0 Å². The molecule has 0 spiro atoms. The van der Waals surface area contributed by atoms with Crippen LogP contribution < -0.4 is 15.5 Å². The number of carbonyl (C=O) groups is 2. The lowest BCUT2D eigenvalue weighted by atomic mass is 9.99. The second-order valence-electron chi connectivity index (χ2n) is 11.5. The van der Waals surface area contributed by atoms with Gasteiger partial charge >= 0.3 is 0 Å². The van der Waals surface area contributed by atoms with Crippen LogP contribution in [0.4, 0.5) is 26.6 Å². The number of piperazine rings is 1. The van der Waals surface area contributed by atoms with Crippen molar-refractivity contribution >= 4 is 30.2 Å². The molecule has 0 aliphatic carbocycles. The van der Waals surface area contributed by atoms with E-state index in [1.54, 1.807) is 11.0 Å². The van der Waals surface area contributed by atoms with E-state index in [9.17, 15) is 18.4 Å². The first-order valence-corrected chi connectivity index (χ1v) is 15.2. The Kier molecular flexibility index (Phi) is 12.3. The fraction of sp³-hybridized carbons (Fsp3) is 0.621.